The number of H-pyrrole nitrogens is 1. The Labute approximate surface area is 107 Å². The van der Waals surface area contributed by atoms with Gasteiger partial charge >= 0.3 is 5.69 Å². The van der Waals surface area contributed by atoms with Gasteiger partial charge in [0, 0.05) is 6.07 Å². The number of fused-ring (bicyclic) bond motifs is 1. The number of benzene rings is 1. The highest BCUT2D eigenvalue weighted by molar-refractivity contribution is 6.28. The van der Waals surface area contributed by atoms with Crippen molar-refractivity contribution in [2.75, 3.05) is 7.11 Å². The number of aromatic nitrogens is 2. The van der Waals surface area contributed by atoms with Crippen molar-refractivity contribution in [3.8, 4) is 11.6 Å². The zero-order chi connectivity index (χ0) is 12.7. The molecule has 0 unspecified atom stereocenters. The number of hydrogen-bond donors (Lipinski definition) is 1. The van der Waals surface area contributed by atoms with Gasteiger partial charge in [-0.05, 0) is 29.8 Å². The number of nitrogens with zero attached hydrogens (tertiary/aromatic N) is 1. The largest absolute Gasteiger partial charge is 0.494 e. The third-order valence-corrected chi connectivity index (χ3v) is 2.87. The predicted octanol–water partition coefficient (Wildman–Crippen LogP) is 2.57. The number of nitrogens with one attached hydrogen (secondary N) is 1. The van der Waals surface area contributed by atoms with Crippen LogP contribution in [0, 0.1) is 0 Å². The highest BCUT2D eigenvalue weighted by Gasteiger charge is 2.15. The number of hydrogen-bond acceptors (Lipinski definition) is 3. The molecular weight excluding hydrogens is 256 g/mol. The summed E-state index contributed by atoms with van der Waals surface area (Å²) < 4.78 is 11.9. The lowest BCUT2D eigenvalue weighted by Gasteiger charge is -2.04. The molecule has 0 fully saturated rings. The first-order valence-electron chi connectivity index (χ1n) is 5.24. The van der Waals surface area contributed by atoms with Gasteiger partial charge in [0.05, 0.1) is 12.6 Å². The van der Waals surface area contributed by atoms with Gasteiger partial charge in [0.1, 0.15) is 11.3 Å². The molecule has 2 aromatic heterocycles. The van der Waals surface area contributed by atoms with Gasteiger partial charge in [-0.15, -0.1) is 0 Å². The van der Waals surface area contributed by atoms with E-state index in [0.717, 1.165) is 0 Å². The van der Waals surface area contributed by atoms with Crippen LogP contribution in [-0.4, -0.2) is 16.7 Å². The van der Waals surface area contributed by atoms with Gasteiger partial charge in [0.15, 0.2) is 5.22 Å². The second kappa shape index (κ2) is 3.96. The molecule has 18 heavy (non-hydrogen) atoms. The normalized spacial score (nSPS) is 11.0. The minimum Gasteiger partial charge on any atom is -0.494 e. The lowest BCUT2D eigenvalue weighted by Crippen LogP contribution is -2.14. The van der Waals surface area contributed by atoms with Crippen molar-refractivity contribution in [2.24, 2.45) is 0 Å². The first kappa shape index (κ1) is 11.0. The number of aromatic amines is 1. The minimum absolute atomic E-state index is 0.223. The molecule has 3 rings (SSSR count). The van der Waals surface area contributed by atoms with E-state index in [0.29, 0.717) is 22.7 Å². The van der Waals surface area contributed by atoms with Crippen LogP contribution in [0.3, 0.4) is 0 Å². The summed E-state index contributed by atoms with van der Waals surface area (Å²) in [4.78, 5) is 14.7. The van der Waals surface area contributed by atoms with Gasteiger partial charge in [-0.25, -0.2) is 9.36 Å². The maximum absolute atomic E-state index is 12.0. The number of ether oxygens (including phenoxy) is 1. The maximum Gasteiger partial charge on any atom is 0.333 e. The molecule has 0 aliphatic heterocycles. The van der Waals surface area contributed by atoms with Crippen LogP contribution >= 0.6 is 11.6 Å². The molecule has 5 nitrogen and oxygen atoms in total. The summed E-state index contributed by atoms with van der Waals surface area (Å²) in [6.07, 6.45) is 0. The summed E-state index contributed by atoms with van der Waals surface area (Å²) in [6.45, 7) is 0. The summed E-state index contributed by atoms with van der Waals surface area (Å²) in [5.41, 5.74) is 0.989. The monoisotopic (exact) mass is 264 g/mol. The Kier molecular flexibility index (Phi) is 2.41. The highest BCUT2D eigenvalue weighted by atomic mass is 35.5. The Balaban J connectivity index is 2.41. The molecule has 0 aliphatic rings. The molecule has 0 saturated carbocycles. The zero-order valence-corrected chi connectivity index (χ0v) is 10.2. The summed E-state index contributed by atoms with van der Waals surface area (Å²) in [7, 11) is 1.55. The molecule has 0 amide bonds. The second-order valence-corrected chi connectivity index (χ2v) is 4.07. The fourth-order valence-electron chi connectivity index (χ4n) is 1.93. The third-order valence-electron chi connectivity index (χ3n) is 2.67. The number of methoxy groups -OCH3 is 1. The standard InChI is InChI=1S/C12H9ClN2O3/c1-17-8-4-2-3-7-11(8)15(12(16)14-7)10-6-5-9(13)18-10/h2-6H,1H3,(H,14,16). The Hall–Kier alpha value is -2.14. The molecule has 6 heteroatoms. The topological polar surface area (TPSA) is 60.2 Å². The van der Waals surface area contributed by atoms with Crippen LogP contribution in [0.1, 0.15) is 0 Å². The molecule has 1 N–H and O–H groups in total. The average Bonchev–Trinajstić information content (AvgIpc) is 2.91. The number of halogens is 1. The van der Waals surface area contributed by atoms with Crippen molar-refractivity contribution >= 4 is 22.6 Å². The third kappa shape index (κ3) is 1.52. The Morgan fingerprint density at radius 1 is 1.33 bits per heavy atom. The van der Waals surface area contributed by atoms with Crippen LogP contribution in [0.15, 0.2) is 39.5 Å². The van der Waals surface area contributed by atoms with Crippen LogP contribution in [0.5, 0.6) is 5.75 Å². The van der Waals surface area contributed by atoms with E-state index in [2.05, 4.69) is 4.98 Å². The molecule has 1 aromatic carbocycles. The quantitative estimate of drug-likeness (QED) is 0.774. The van der Waals surface area contributed by atoms with Gasteiger partial charge in [0.2, 0.25) is 5.88 Å². The Morgan fingerprint density at radius 3 is 2.83 bits per heavy atom. The molecule has 0 bridgehead atoms. The molecule has 92 valence electrons. The van der Waals surface area contributed by atoms with Gasteiger partial charge in [-0.3, -0.25) is 0 Å². The van der Waals surface area contributed by atoms with Crippen molar-refractivity contribution in [3.63, 3.8) is 0 Å². The van der Waals surface area contributed by atoms with E-state index >= 15 is 0 Å². The van der Waals surface area contributed by atoms with Crippen molar-refractivity contribution in [1.82, 2.24) is 9.55 Å². The Bertz CT molecular complexity index is 769. The molecule has 2 heterocycles. The van der Waals surface area contributed by atoms with Crippen molar-refractivity contribution < 1.29 is 9.15 Å². The first-order chi connectivity index (χ1) is 8.70. The fraction of sp³-hybridized carbons (Fsp3) is 0.0833. The Morgan fingerprint density at radius 2 is 2.17 bits per heavy atom. The average molecular weight is 265 g/mol. The molecule has 0 radical (unpaired) electrons. The molecule has 0 aliphatic carbocycles. The van der Waals surface area contributed by atoms with E-state index < -0.39 is 0 Å². The summed E-state index contributed by atoms with van der Waals surface area (Å²) in [5.74, 6) is 0.930. The van der Waals surface area contributed by atoms with Crippen LogP contribution in [0.25, 0.3) is 16.9 Å². The van der Waals surface area contributed by atoms with E-state index in [4.69, 9.17) is 20.8 Å². The summed E-state index contributed by atoms with van der Waals surface area (Å²) in [6, 6.07) is 8.58. The lowest BCUT2D eigenvalue weighted by atomic mass is 10.3. The van der Waals surface area contributed by atoms with Gasteiger partial charge in [0.25, 0.3) is 0 Å². The molecule has 0 atom stereocenters. The second-order valence-electron chi connectivity index (χ2n) is 3.70. The first-order valence-corrected chi connectivity index (χ1v) is 5.62. The van der Waals surface area contributed by atoms with E-state index in [1.165, 1.54) is 4.57 Å². The van der Waals surface area contributed by atoms with Crippen LogP contribution in [0.4, 0.5) is 0 Å². The predicted molar refractivity (Wildman–Crippen MR) is 67.7 cm³/mol. The smallest absolute Gasteiger partial charge is 0.333 e. The summed E-state index contributed by atoms with van der Waals surface area (Å²) in [5, 5.41) is 0.223. The van der Waals surface area contributed by atoms with Crippen molar-refractivity contribution in [2.45, 2.75) is 0 Å². The lowest BCUT2D eigenvalue weighted by molar-refractivity contribution is 0.417. The zero-order valence-electron chi connectivity index (χ0n) is 9.44. The minimum atomic E-state index is -0.305. The van der Waals surface area contributed by atoms with E-state index in [9.17, 15) is 4.79 Å². The van der Waals surface area contributed by atoms with Crippen LogP contribution < -0.4 is 10.4 Å². The molecule has 0 spiro atoms. The van der Waals surface area contributed by atoms with E-state index in [1.54, 1.807) is 37.4 Å². The number of furan rings is 1. The molecular formula is C12H9ClN2O3. The maximum atomic E-state index is 12.0. The molecule has 3 aromatic rings. The van der Waals surface area contributed by atoms with Crippen LogP contribution in [0.2, 0.25) is 5.22 Å². The van der Waals surface area contributed by atoms with Gasteiger partial charge in [-0.2, -0.15) is 0 Å². The number of para-hydroxylation sites is 1. The van der Waals surface area contributed by atoms with Crippen molar-refractivity contribution in [1.29, 1.82) is 0 Å². The van der Waals surface area contributed by atoms with Crippen LogP contribution in [-0.2, 0) is 0 Å². The van der Waals surface area contributed by atoms with E-state index in [-0.39, 0.29) is 10.9 Å². The van der Waals surface area contributed by atoms with Gasteiger partial charge < -0.3 is 14.1 Å². The fourth-order valence-corrected chi connectivity index (χ4v) is 2.07. The van der Waals surface area contributed by atoms with E-state index in [1.807, 2.05) is 0 Å². The van der Waals surface area contributed by atoms with Crippen molar-refractivity contribution in [3.05, 3.63) is 46.0 Å². The molecule has 0 saturated heterocycles. The highest BCUT2D eigenvalue weighted by Crippen LogP contribution is 2.26. The number of rotatable bonds is 2. The summed E-state index contributed by atoms with van der Waals surface area (Å²) >= 11 is 5.73. The number of imidazole rings is 1. The van der Waals surface area contributed by atoms with Gasteiger partial charge in [-0.1, -0.05) is 6.07 Å². The SMILES string of the molecule is COc1cccc2[nH]c(=O)n(-c3ccc(Cl)o3)c12.